The van der Waals surface area contributed by atoms with Crippen LogP contribution < -0.4 is 14.5 Å². The number of carbonyl (C=O) groups is 3. The SMILES string of the molecule is CCOC(=O)c1sc(N2C(=O)C(=O)/C(=C(/O)c3ccc(OCc4ccccc4C)cc3)C2c2ccc(N(C)C)cc2)nc1C. The molecule has 0 spiro atoms. The van der Waals surface area contributed by atoms with Crippen molar-refractivity contribution in [3.05, 3.63) is 111 Å². The number of carbonyl (C=O) groups excluding carboxylic acids is 3. The number of hydrogen-bond acceptors (Lipinski definition) is 9. The van der Waals surface area contributed by atoms with E-state index >= 15 is 0 Å². The van der Waals surface area contributed by atoms with Gasteiger partial charge in [0.05, 0.1) is 23.9 Å². The van der Waals surface area contributed by atoms with E-state index in [0.717, 1.165) is 28.2 Å². The molecular formula is C34H33N3O6S. The maximum Gasteiger partial charge on any atom is 0.350 e. The van der Waals surface area contributed by atoms with Crippen LogP contribution in [0.25, 0.3) is 5.76 Å². The van der Waals surface area contributed by atoms with Gasteiger partial charge in [-0.25, -0.2) is 9.78 Å². The summed E-state index contributed by atoms with van der Waals surface area (Å²) in [6, 6.07) is 21.0. The molecule has 1 aliphatic heterocycles. The number of amides is 1. The molecule has 2 heterocycles. The maximum atomic E-state index is 13.6. The van der Waals surface area contributed by atoms with E-state index in [2.05, 4.69) is 4.98 Å². The van der Waals surface area contributed by atoms with Crippen molar-refractivity contribution in [2.75, 3.05) is 30.5 Å². The summed E-state index contributed by atoms with van der Waals surface area (Å²) >= 11 is 0.971. The van der Waals surface area contributed by atoms with E-state index < -0.39 is 23.7 Å². The van der Waals surface area contributed by atoms with Crippen LogP contribution in [0.2, 0.25) is 0 Å². The number of anilines is 2. The van der Waals surface area contributed by atoms with Crippen molar-refractivity contribution in [3.8, 4) is 5.75 Å². The van der Waals surface area contributed by atoms with E-state index in [1.165, 1.54) is 4.90 Å². The zero-order chi connectivity index (χ0) is 31.5. The van der Waals surface area contributed by atoms with E-state index in [9.17, 15) is 19.5 Å². The number of aromatic nitrogens is 1. The smallest absolute Gasteiger partial charge is 0.350 e. The zero-order valence-corrected chi connectivity index (χ0v) is 26.0. The Morgan fingerprint density at radius 1 is 1.00 bits per heavy atom. The molecule has 1 saturated heterocycles. The predicted molar refractivity (Wildman–Crippen MR) is 170 cm³/mol. The van der Waals surface area contributed by atoms with Gasteiger partial charge in [0.2, 0.25) is 0 Å². The van der Waals surface area contributed by atoms with E-state index in [-0.39, 0.29) is 27.9 Å². The highest BCUT2D eigenvalue weighted by molar-refractivity contribution is 7.17. The van der Waals surface area contributed by atoms with Crippen LogP contribution in [0.1, 0.15) is 50.6 Å². The molecule has 1 aliphatic rings. The Bertz CT molecular complexity index is 1740. The number of thiazole rings is 1. The molecule has 0 aliphatic carbocycles. The number of nitrogens with zero attached hydrogens (tertiary/aromatic N) is 3. The Hall–Kier alpha value is -4.96. The Morgan fingerprint density at radius 2 is 1.68 bits per heavy atom. The van der Waals surface area contributed by atoms with Crippen LogP contribution in [0.4, 0.5) is 10.8 Å². The van der Waals surface area contributed by atoms with Crippen LogP contribution in [0.15, 0.2) is 78.4 Å². The van der Waals surface area contributed by atoms with Crippen molar-refractivity contribution in [1.29, 1.82) is 0 Å². The zero-order valence-electron chi connectivity index (χ0n) is 25.2. The normalized spacial score (nSPS) is 15.8. The molecule has 44 heavy (non-hydrogen) atoms. The lowest BCUT2D eigenvalue weighted by molar-refractivity contribution is -0.132. The third-order valence-electron chi connectivity index (χ3n) is 7.41. The van der Waals surface area contributed by atoms with Crippen molar-refractivity contribution in [2.45, 2.75) is 33.4 Å². The minimum absolute atomic E-state index is 0.0771. The van der Waals surface area contributed by atoms with Crippen molar-refractivity contribution < 1.29 is 29.0 Å². The van der Waals surface area contributed by atoms with Gasteiger partial charge in [0.25, 0.3) is 5.78 Å². The van der Waals surface area contributed by atoms with Crippen LogP contribution in [0.3, 0.4) is 0 Å². The molecule has 0 saturated carbocycles. The fourth-order valence-corrected chi connectivity index (χ4v) is 5.96. The van der Waals surface area contributed by atoms with E-state index in [4.69, 9.17) is 9.47 Å². The largest absolute Gasteiger partial charge is 0.507 e. The average Bonchev–Trinajstić information content (AvgIpc) is 3.53. The summed E-state index contributed by atoms with van der Waals surface area (Å²) in [5.41, 5.74) is 4.35. The second kappa shape index (κ2) is 12.7. The number of aryl methyl sites for hydroxylation is 2. The summed E-state index contributed by atoms with van der Waals surface area (Å²) in [5.74, 6) is -1.99. The Balaban J connectivity index is 1.54. The Morgan fingerprint density at radius 3 is 2.32 bits per heavy atom. The molecular weight excluding hydrogens is 578 g/mol. The highest BCUT2D eigenvalue weighted by Crippen LogP contribution is 2.44. The first kappa shape index (κ1) is 30.5. The van der Waals surface area contributed by atoms with Crippen molar-refractivity contribution in [1.82, 2.24) is 4.98 Å². The van der Waals surface area contributed by atoms with E-state index in [1.54, 1.807) is 50.2 Å². The lowest BCUT2D eigenvalue weighted by Gasteiger charge is -2.23. The third-order valence-corrected chi connectivity index (χ3v) is 8.54. The van der Waals surface area contributed by atoms with Gasteiger partial charge in [-0.1, -0.05) is 47.7 Å². The van der Waals surface area contributed by atoms with Crippen molar-refractivity contribution >= 4 is 45.6 Å². The fraction of sp³-hybridized carbons (Fsp3) is 0.235. The van der Waals surface area contributed by atoms with Gasteiger partial charge in [-0.2, -0.15) is 0 Å². The number of benzene rings is 3. The van der Waals surface area contributed by atoms with Crippen LogP contribution in [0, 0.1) is 13.8 Å². The van der Waals surface area contributed by atoms with E-state index in [0.29, 0.717) is 29.2 Å². The summed E-state index contributed by atoms with van der Waals surface area (Å²) < 4.78 is 11.1. The number of aliphatic hydroxyl groups is 1. The minimum atomic E-state index is -0.983. The highest BCUT2D eigenvalue weighted by atomic mass is 32.1. The molecule has 1 N–H and O–H groups in total. The average molecular weight is 612 g/mol. The fourth-order valence-electron chi connectivity index (χ4n) is 4.97. The van der Waals surface area contributed by atoms with E-state index in [1.807, 2.05) is 62.3 Å². The molecule has 10 heteroatoms. The molecule has 5 rings (SSSR count). The Kier molecular flexibility index (Phi) is 8.82. The molecule has 1 fully saturated rings. The second-order valence-electron chi connectivity index (χ2n) is 10.5. The summed E-state index contributed by atoms with van der Waals surface area (Å²) in [4.78, 5) is 47.6. The first-order valence-electron chi connectivity index (χ1n) is 14.1. The topological polar surface area (TPSA) is 109 Å². The monoisotopic (exact) mass is 611 g/mol. The van der Waals surface area contributed by atoms with Gasteiger partial charge in [-0.3, -0.25) is 14.5 Å². The van der Waals surface area contributed by atoms with Gasteiger partial charge in [0.1, 0.15) is 23.0 Å². The number of hydrogen-bond donors (Lipinski definition) is 1. The molecule has 1 amide bonds. The highest BCUT2D eigenvalue weighted by Gasteiger charge is 2.48. The molecule has 1 unspecified atom stereocenters. The number of rotatable bonds is 9. The van der Waals surface area contributed by atoms with Crippen LogP contribution in [0.5, 0.6) is 5.75 Å². The molecule has 3 aromatic carbocycles. The lowest BCUT2D eigenvalue weighted by Crippen LogP contribution is -2.29. The van der Waals surface area contributed by atoms with Crippen LogP contribution >= 0.6 is 11.3 Å². The summed E-state index contributed by atoms with van der Waals surface area (Å²) in [6.45, 7) is 5.93. The molecule has 4 aromatic rings. The number of esters is 1. The Labute approximate surface area is 260 Å². The van der Waals surface area contributed by atoms with Gasteiger partial charge in [0.15, 0.2) is 5.13 Å². The standard InChI is InChI=1S/C34H33N3O6S/c1-6-42-33(41)31-21(3)35-34(44-31)37-28(22-11-15-25(16-12-22)36(4)5)27(30(39)32(37)40)29(38)23-13-17-26(18-14-23)43-19-24-10-8-7-9-20(24)2/h7-18,28,38H,6,19H2,1-5H3/b29-27+. The molecule has 1 atom stereocenters. The summed E-state index contributed by atoms with van der Waals surface area (Å²) in [6.07, 6.45) is 0. The first-order valence-corrected chi connectivity index (χ1v) is 14.9. The van der Waals surface area contributed by atoms with Crippen LogP contribution in [-0.2, 0) is 20.9 Å². The first-order chi connectivity index (χ1) is 21.1. The van der Waals surface area contributed by atoms with Gasteiger partial charge in [-0.05, 0) is 73.9 Å². The number of ketones is 1. The third kappa shape index (κ3) is 5.93. The van der Waals surface area contributed by atoms with Crippen molar-refractivity contribution in [3.63, 3.8) is 0 Å². The van der Waals surface area contributed by atoms with Gasteiger partial charge in [0, 0.05) is 25.3 Å². The van der Waals surface area contributed by atoms with Crippen molar-refractivity contribution in [2.24, 2.45) is 0 Å². The molecule has 0 bridgehead atoms. The minimum Gasteiger partial charge on any atom is -0.507 e. The lowest BCUT2D eigenvalue weighted by atomic mass is 9.95. The predicted octanol–water partition coefficient (Wildman–Crippen LogP) is 6.21. The number of ether oxygens (including phenoxy) is 2. The van der Waals surface area contributed by atoms with Gasteiger partial charge >= 0.3 is 11.9 Å². The molecule has 226 valence electrons. The molecule has 0 radical (unpaired) electrons. The maximum absolute atomic E-state index is 13.6. The van der Waals surface area contributed by atoms with Gasteiger partial charge < -0.3 is 19.5 Å². The van der Waals surface area contributed by atoms with Gasteiger partial charge in [-0.15, -0.1) is 0 Å². The van der Waals surface area contributed by atoms with Crippen LogP contribution in [-0.4, -0.2) is 48.5 Å². The number of aliphatic hydroxyl groups excluding tert-OH is 1. The molecule has 1 aromatic heterocycles. The summed E-state index contributed by atoms with van der Waals surface area (Å²) in [5, 5.41) is 11.7. The summed E-state index contributed by atoms with van der Waals surface area (Å²) in [7, 11) is 3.81. The number of Topliss-reactive ketones (excluding diaryl/α,β-unsaturated/α-hetero) is 1. The molecule has 9 nitrogen and oxygen atoms in total. The quantitative estimate of drug-likeness (QED) is 0.103. The second-order valence-corrected chi connectivity index (χ2v) is 11.5.